The average molecular weight is 498 g/mol. The topological polar surface area (TPSA) is 90.6 Å². The van der Waals surface area contributed by atoms with Gasteiger partial charge in [0.15, 0.2) is 0 Å². The third kappa shape index (κ3) is 5.91. The fourth-order valence-electron chi connectivity index (χ4n) is 3.35. The van der Waals surface area contributed by atoms with E-state index in [2.05, 4.69) is 5.32 Å². The summed E-state index contributed by atoms with van der Waals surface area (Å²) < 4.78 is 10.8. The second-order valence-corrected chi connectivity index (χ2v) is 9.75. The number of hydrogen-bond donors (Lipinski definition) is 2. The number of nitrogens with two attached hydrogens (primary N) is 1. The molecule has 0 aliphatic carbocycles. The van der Waals surface area contributed by atoms with Crippen LogP contribution in [0.4, 0.5) is 0 Å². The van der Waals surface area contributed by atoms with Gasteiger partial charge in [-0.05, 0) is 0 Å². The summed E-state index contributed by atoms with van der Waals surface area (Å²) in [6, 6.07) is 7.93. The Morgan fingerprint density at radius 2 is 1.83 bits per heavy atom. The van der Waals surface area contributed by atoms with E-state index in [1.807, 2.05) is 37.4 Å². The van der Waals surface area contributed by atoms with E-state index in [-0.39, 0.29) is 28.2 Å². The number of hydrogen-bond acceptors (Lipinski definition) is 7. The SMILES string of the molecule is CCOC(=O)C1=C(C)NC(C[Se]CCN)=C(C(=O)OCC)C1c1cccc(SC)c1. The van der Waals surface area contributed by atoms with Crippen molar-refractivity contribution in [3.8, 4) is 0 Å². The molecular weight excluding hydrogens is 467 g/mol. The third-order valence-corrected chi connectivity index (χ3v) is 7.43. The summed E-state index contributed by atoms with van der Waals surface area (Å²) >= 11 is 1.85. The van der Waals surface area contributed by atoms with Gasteiger partial charge in [0.1, 0.15) is 0 Å². The van der Waals surface area contributed by atoms with Gasteiger partial charge in [0, 0.05) is 0 Å². The number of ether oxygens (including phenoxy) is 2. The average Bonchev–Trinajstić information content (AvgIpc) is 2.73. The van der Waals surface area contributed by atoms with Crippen LogP contribution in [0.5, 0.6) is 0 Å². The zero-order valence-electron chi connectivity index (χ0n) is 17.9. The molecule has 0 radical (unpaired) electrons. The summed E-state index contributed by atoms with van der Waals surface area (Å²) in [4.78, 5) is 27.1. The second kappa shape index (κ2) is 12.2. The third-order valence-electron chi connectivity index (χ3n) is 4.57. The molecule has 1 unspecified atom stereocenters. The van der Waals surface area contributed by atoms with Gasteiger partial charge in [-0.1, -0.05) is 0 Å². The Labute approximate surface area is 189 Å². The molecule has 0 fully saturated rings. The van der Waals surface area contributed by atoms with Gasteiger partial charge in [0.2, 0.25) is 0 Å². The van der Waals surface area contributed by atoms with E-state index < -0.39 is 17.9 Å². The van der Waals surface area contributed by atoms with Crippen molar-refractivity contribution in [2.45, 2.75) is 42.2 Å². The maximum atomic E-state index is 13.1. The summed E-state index contributed by atoms with van der Waals surface area (Å²) in [5.74, 6) is -1.37. The molecule has 0 amide bonds. The van der Waals surface area contributed by atoms with Crippen molar-refractivity contribution in [1.82, 2.24) is 5.32 Å². The zero-order chi connectivity index (χ0) is 22.1. The molecular formula is C22H30N2O4SSe. The van der Waals surface area contributed by atoms with E-state index in [1.165, 1.54) is 0 Å². The molecule has 164 valence electrons. The normalized spacial score (nSPS) is 16.4. The minimum absolute atomic E-state index is 0.238. The summed E-state index contributed by atoms with van der Waals surface area (Å²) in [7, 11) is 0. The van der Waals surface area contributed by atoms with Gasteiger partial charge in [0.25, 0.3) is 0 Å². The van der Waals surface area contributed by atoms with Crippen LogP contribution in [0.1, 0.15) is 32.3 Å². The first-order valence-corrected chi connectivity index (χ1v) is 13.6. The Hall–Kier alpha value is -1.73. The number of carbonyl (C=O) groups excluding carboxylic acids is 2. The van der Waals surface area contributed by atoms with Crippen LogP contribution in [0.3, 0.4) is 0 Å². The quantitative estimate of drug-likeness (QED) is 0.222. The van der Waals surface area contributed by atoms with E-state index >= 15 is 0 Å². The molecule has 1 aliphatic rings. The molecule has 0 aromatic heterocycles. The number of rotatable bonds is 10. The summed E-state index contributed by atoms with van der Waals surface area (Å²) in [6.07, 6.45) is 2.00. The van der Waals surface area contributed by atoms with E-state index in [4.69, 9.17) is 15.2 Å². The first kappa shape index (κ1) is 24.5. The molecule has 1 aromatic rings. The first-order valence-electron chi connectivity index (χ1n) is 9.95. The molecule has 8 heteroatoms. The number of benzene rings is 1. The summed E-state index contributed by atoms with van der Waals surface area (Å²) in [5, 5.41) is 4.93. The Morgan fingerprint density at radius 3 is 2.43 bits per heavy atom. The van der Waals surface area contributed by atoms with Crippen molar-refractivity contribution in [2.75, 3.05) is 26.0 Å². The molecule has 30 heavy (non-hydrogen) atoms. The molecule has 1 aliphatic heterocycles. The Morgan fingerprint density at radius 1 is 1.17 bits per heavy atom. The molecule has 0 saturated carbocycles. The van der Waals surface area contributed by atoms with Crippen LogP contribution in [-0.4, -0.2) is 52.9 Å². The number of dihydropyridines is 1. The van der Waals surface area contributed by atoms with Crippen LogP contribution in [0.2, 0.25) is 10.6 Å². The standard InChI is InChI=1S/C22H30N2O4SSe/c1-5-27-21(25)18-14(3)24-17(13-30-11-10-23)20(22(26)28-6-2)19(18)15-8-7-9-16(12-15)29-4/h7-9,12,19,24H,5-6,10-11,13,23H2,1-4H3. The van der Waals surface area contributed by atoms with Gasteiger partial charge in [0.05, 0.1) is 0 Å². The monoisotopic (exact) mass is 498 g/mol. The predicted molar refractivity (Wildman–Crippen MR) is 122 cm³/mol. The van der Waals surface area contributed by atoms with Gasteiger partial charge >= 0.3 is 189 Å². The van der Waals surface area contributed by atoms with Crippen LogP contribution < -0.4 is 11.1 Å². The Bertz CT molecular complexity index is 838. The van der Waals surface area contributed by atoms with Gasteiger partial charge in [-0.3, -0.25) is 0 Å². The van der Waals surface area contributed by atoms with Crippen LogP contribution in [0.15, 0.2) is 51.7 Å². The molecule has 1 aromatic carbocycles. The van der Waals surface area contributed by atoms with Crippen molar-refractivity contribution in [2.24, 2.45) is 5.73 Å². The molecule has 2 rings (SSSR count). The molecule has 0 spiro atoms. The molecule has 0 saturated heterocycles. The number of carbonyl (C=O) groups is 2. The maximum absolute atomic E-state index is 13.1. The molecule has 1 heterocycles. The van der Waals surface area contributed by atoms with E-state index in [1.54, 1.807) is 25.6 Å². The van der Waals surface area contributed by atoms with Crippen molar-refractivity contribution in [1.29, 1.82) is 0 Å². The van der Waals surface area contributed by atoms with E-state index in [0.717, 1.165) is 21.5 Å². The van der Waals surface area contributed by atoms with E-state index in [0.29, 0.717) is 28.7 Å². The fourth-order valence-corrected chi connectivity index (χ4v) is 5.38. The van der Waals surface area contributed by atoms with Crippen molar-refractivity contribution in [3.63, 3.8) is 0 Å². The fraction of sp³-hybridized carbons (Fsp3) is 0.455. The van der Waals surface area contributed by atoms with Gasteiger partial charge < -0.3 is 0 Å². The van der Waals surface area contributed by atoms with Crippen LogP contribution in [-0.2, 0) is 19.1 Å². The number of thioether (sulfide) groups is 1. The molecule has 3 N–H and O–H groups in total. The van der Waals surface area contributed by atoms with Crippen LogP contribution in [0.25, 0.3) is 0 Å². The van der Waals surface area contributed by atoms with Crippen LogP contribution >= 0.6 is 11.8 Å². The molecule has 6 nitrogen and oxygen atoms in total. The molecule has 0 bridgehead atoms. The minimum atomic E-state index is -0.542. The van der Waals surface area contributed by atoms with Crippen molar-refractivity contribution < 1.29 is 19.1 Å². The summed E-state index contributed by atoms with van der Waals surface area (Å²) in [6.45, 7) is 6.55. The van der Waals surface area contributed by atoms with Gasteiger partial charge in [-0.2, -0.15) is 0 Å². The number of nitrogens with one attached hydrogen (secondary N) is 1. The zero-order valence-corrected chi connectivity index (χ0v) is 20.5. The van der Waals surface area contributed by atoms with E-state index in [9.17, 15) is 9.59 Å². The summed E-state index contributed by atoms with van der Waals surface area (Å²) in [5.41, 5.74) is 9.01. The second-order valence-electron chi connectivity index (χ2n) is 6.55. The van der Waals surface area contributed by atoms with Crippen molar-refractivity contribution in [3.05, 3.63) is 52.4 Å². The number of esters is 2. The van der Waals surface area contributed by atoms with Crippen LogP contribution in [0, 0.1) is 0 Å². The Balaban J connectivity index is 2.66. The Kier molecular flexibility index (Phi) is 9.98. The van der Waals surface area contributed by atoms with Crippen molar-refractivity contribution >= 4 is 38.7 Å². The predicted octanol–water partition coefficient (Wildman–Crippen LogP) is 3.25. The molecule has 1 atom stereocenters. The van der Waals surface area contributed by atoms with Gasteiger partial charge in [-0.25, -0.2) is 0 Å². The van der Waals surface area contributed by atoms with Gasteiger partial charge in [-0.15, -0.1) is 0 Å². The first-order chi connectivity index (χ1) is 14.5. The number of allylic oxidation sites excluding steroid dienone is 2.